The van der Waals surface area contributed by atoms with E-state index in [0.29, 0.717) is 0 Å². The molecule has 0 radical (unpaired) electrons. The van der Waals surface area contributed by atoms with Gasteiger partial charge in [0.2, 0.25) is 10.0 Å². The predicted molar refractivity (Wildman–Crippen MR) is 68.6 cm³/mol. The van der Waals surface area contributed by atoms with Crippen molar-refractivity contribution in [2.45, 2.75) is 31.1 Å². The van der Waals surface area contributed by atoms with Gasteiger partial charge < -0.3 is 4.90 Å². The first-order valence-corrected chi connectivity index (χ1v) is 7.41. The molecular formula is C12H18N2O2S. The quantitative estimate of drug-likeness (QED) is 0.872. The van der Waals surface area contributed by atoms with Crippen molar-refractivity contribution in [3.8, 4) is 0 Å². The van der Waals surface area contributed by atoms with Crippen LogP contribution in [0.1, 0.15) is 24.8 Å². The Morgan fingerprint density at radius 3 is 2.41 bits per heavy atom. The fourth-order valence-corrected chi connectivity index (χ4v) is 2.78. The first kappa shape index (κ1) is 12.4. The van der Waals surface area contributed by atoms with E-state index in [1.54, 1.807) is 12.1 Å². The SMILES string of the molecule is Cc1ccc(S(N)(=O)=O)cc1N1CCCCC1. The van der Waals surface area contributed by atoms with Crippen molar-refractivity contribution in [1.29, 1.82) is 0 Å². The summed E-state index contributed by atoms with van der Waals surface area (Å²) in [5.41, 5.74) is 2.09. The van der Waals surface area contributed by atoms with E-state index >= 15 is 0 Å². The maximum atomic E-state index is 11.3. The zero-order chi connectivity index (χ0) is 12.5. The summed E-state index contributed by atoms with van der Waals surface area (Å²) >= 11 is 0. The highest BCUT2D eigenvalue weighted by Crippen LogP contribution is 2.26. The molecule has 1 fully saturated rings. The Morgan fingerprint density at radius 2 is 1.82 bits per heavy atom. The fraction of sp³-hybridized carbons (Fsp3) is 0.500. The lowest BCUT2D eigenvalue weighted by atomic mass is 10.1. The molecule has 1 aliphatic heterocycles. The second-order valence-corrected chi connectivity index (χ2v) is 6.10. The van der Waals surface area contributed by atoms with Crippen molar-refractivity contribution in [2.75, 3.05) is 18.0 Å². The van der Waals surface area contributed by atoms with E-state index in [1.807, 2.05) is 13.0 Å². The van der Waals surface area contributed by atoms with Gasteiger partial charge in [-0.1, -0.05) is 6.07 Å². The summed E-state index contributed by atoms with van der Waals surface area (Å²) in [4.78, 5) is 2.44. The summed E-state index contributed by atoms with van der Waals surface area (Å²) in [7, 11) is -3.61. The van der Waals surface area contributed by atoms with Gasteiger partial charge in [-0.25, -0.2) is 13.6 Å². The first-order chi connectivity index (χ1) is 7.98. The minimum absolute atomic E-state index is 0.198. The first-order valence-electron chi connectivity index (χ1n) is 5.87. The molecule has 17 heavy (non-hydrogen) atoms. The molecule has 1 aromatic rings. The summed E-state index contributed by atoms with van der Waals surface area (Å²) in [5, 5.41) is 5.16. The Hall–Kier alpha value is -1.07. The van der Waals surface area contributed by atoms with Gasteiger partial charge in [-0.15, -0.1) is 0 Å². The largest absolute Gasteiger partial charge is 0.371 e. The number of nitrogens with zero attached hydrogens (tertiary/aromatic N) is 1. The highest BCUT2D eigenvalue weighted by atomic mass is 32.2. The van der Waals surface area contributed by atoms with Crippen molar-refractivity contribution in [3.05, 3.63) is 23.8 Å². The lowest BCUT2D eigenvalue weighted by molar-refractivity contribution is 0.576. The van der Waals surface area contributed by atoms with E-state index in [0.717, 1.165) is 24.3 Å². The maximum Gasteiger partial charge on any atom is 0.238 e. The third-order valence-corrected chi connectivity index (χ3v) is 4.12. The number of benzene rings is 1. The average molecular weight is 254 g/mol. The molecule has 0 unspecified atom stereocenters. The molecule has 0 bridgehead atoms. The van der Waals surface area contributed by atoms with Crippen LogP contribution in [0.15, 0.2) is 23.1 Å². The molecule has 1 saturated heterocycles. The van der Waals surface area contributed by atoms with Crippen molar-refractivity contribution in [3.63, 3.8) is 0 Å². The lowest BCUT2D eigenvalue weighted by Crippen LogP contribution is -2.30. The van der Waals surface area contributed by atoms with E-state index in [2.05, 4.69) is 4.90 Å². The van der Waals surface area contributed by atoms with Crippen LogP contribution in [0.25, 0.3) is 0 Å². The van der Waals surface area contributed by atoms with Crippen LogP contribution in [0.4, 0.5) is 5.69 Å². The Morgan fingerprint density at radius 1 is 1.18 bits per heavy atom. The number of sulfonamides is 1. The lowest BCUT2D eigenvalue weighted by Gasteiger charge is -2.30. The molecule has 1 aliphatic rings. The van der Waals surface area contributed by atoms with Gasteiger partial charge in [-0.3, -0.25) is 0 Å². The number of hydrogen-bond donors (Lipinski definition) is 1. The number of nitrogens with two attached hydrogens (primary N) is 1. The summed E-state index contributed by atoms with van der Waals surface area (Å²) in [6.45, 7) is 3.99. The highest BCUT2D eigenvalue weighted by molar-refractivity contribution is 7.89. The molecule has 1 heterocycles. The standard InChI is InChI=1S/C12H18N2O2S/c1-10-5-6-11(17(13,15)16)9-12(10)14-7-3-2-4-8-14/h5-6,9H,2-4,7-8H2,1H3,(H2,13,15,16). The molecule has 0 aromatic heterocycles. The zero-order valence-electron chi connectivity index (χ0n) is 10.0. The monoisotopic (exact) mass is 254 g/mol. The number of rotatable bonds is 2. The third kappa shape index (κ3) is 2.79. The maximum absolute atomic E-state index is 11.3. The Balaban J connectivity index is 2.38. The molecule has 4 nitrogen and oxygen atoms in total. The molecule has 2 rings (SSSR count). The van der Waals surface area contributed by atoms with Crippen molar-refractivity contribution in [2.24, 2.45) is 5.14 Å². The molecule has 1 aromatic carbocycles. The molecule has 2 N–H and O–H groups in total. The Kier molecular flexibility index (Phi) is 3.40. The third-order valence-electron chi connectivity index (χ3n) is 3.21. The minimum Gasteiger partial charge on any atom is -0.371 e. The minimum atomic E-state index is -3.61. The van der Waals surface area contributed by atoms with Gasteiger partial charge >= 0.3 is 0 Å². The van der Waals surface area contributed by atoms with E-state index in [1.165, 1.54) is 19.3 Å². The van der Waals surface area contributed by atoms with Gasteiger partial charge in [-0.05, 0) is 43.9 Å². The van der Waals surface area contributed by atoms with Crippen LogP contribution in [0, 0.1) is 6.92 Å². The highest BCUT2D eigenvalue weighted by Gasteiger charge is 2.16. The smallest absolute Gasteiger partial charge is 0.238 e. The Bertz CT molecular complexity index is 505. The van der Waals surface area contributed by atoms with Crippen LogP contribution >= 0.6 is 0 Å². The van der Waals surface area contributed by atoms with Crippen molar-refractivity contribution in [1.82, 2.24) is 0 Å². The van der Waals surface area contributed by atoms with Crippen LogP contribution in [0.3, 0.4) is 0 Å². The average Bonchev–Trinajstić information content (AvgIpc) is 2.29. The normalized spacial score (nSPS) is 17.2. The van der Waals surface area contributed by atoms with E-state index in [4.69, 9.17) is 5.14 Å². The van der Waals surface area contributed by atoms with Crippen molar-refractivity contribution >= 4 is 15.7 Å². The molecule has 0 aliphatic carbocycles. The number of anilines is 1. The molecule has 0 atom stereocenters. The van der Waals surface area contributed by atoms with E-state index in [9.17, 15) is 8.42 Å². The number of hydrogen-bond acceptors (Lipinski definition) is 3. The summed E-state index contributed by atoms with van der Waals surface area (Å²) in [6.07, 6.45) is 3.59. The molecule has 94 valence electrons. The summed E-state index contributed by atoms with van der Waals surface area (Å²) < 4.78 is 22.7. The topological polar surface area (TPSA) is 63.4 Å². The van der Waals surface area contributed by atoms with E-state index < -0.39 is 10.0 Å². The van der Waals surface area contributed by atoms with Gasteiger partial charge in [0.05, 0.1) is 4.90 Å². The number of piperidine rings is 1. The van der Waals surface area contributed by atoms with Crippen LogP contribution in [-0.4, -0.2) is 21.5 Å². The molecule has 0 amide bonds. The Labute approximate surface area is 102 Å². The predicted octanol–water partition coefficient (Wildman–Crippen LogP) is 1.63. The van der Waals surface area contributed by atoms with Crippen LogP contribution in [0.5, 0.6) is 0 Å². The second kappa shape index (κ2) is 4.66. The second-order valence-electron chi connectivity index (χ2n) is 4.54. The number of aryl methyl sites for hydroxylation is 1. The van der Waals surface area contributed by atoms with Crippen LogP contribution < -0.4 is 10.0 Å². The summed E-state index contributed by atoms with van der Waals surface area (Å²) in [5.74, 6) is 0. The molecule has 0 spiro atoms. The van der Waals surface area contributed by atoms with Crippen LogP contribution in [0.2, 0.25) is 0 Å². The fourth-order valence-electron chi connectivity index (χ4n) is 2.24. The van der Waals surface area contributed by atoms with E-state index in [-0.39, 0.29) is 4.90 Å². The number of primary sulfonamides is 1. The van der Waals surface area contributed by atoms with Gasteiger partial charge in [-0.2, -0.15) is 0 Å². The van der Waals surface area contributed by atoms with Crippen molar-refractivity contribution < 1.29 is 8.42 Å². The van der Waals surface area contributed by atoms with Crippen LogP contribution in [-0.2, 0) is 10.0 Å². The molecule has 5 heteroatoms. The molecular weight excluding hydrogens is 236 g/mol. The van der Waals surface area contributed by atoms with Gasteiger partial charge in [0.25, 0.3) is 0 Å². The van der Waals surface area contributed by atoms with Gasteiger partial charge in [0.15, 0.2) is 0 Å². The van der Waals surface area contributed by atoms with Gasteiger partial charge in [0.1, 0.15) is 0 Å². The zero-order valence-corrected chi connectivity index (χ0v) is 10.8. The summed E-state index contributed by atoms with van der Waals surface area (Å²) in [6, 6.07) is 5.08. The van der Waals surface area contributed by atoms with Gasteiger partial charge in [0, 0.05) is 18.8 Å². The molecule has 0 saturated carbocycles.